The highest BCUT2D eigenvalue weighted by atomic mass is 19.1. The second-order valence-corrected chi connectivity index (χ2v) is 3.78. The molecule has 1 heterocycles. The number of benzene rings is 1. The number of urea groups is 1. The van der Waals surface area contributed by atoms with Crippen LogP contribution in [0.2, 0.25) is 0 Å². The van der Waals surface area contributed by atoms with Gasteiger partial charge in [-0.15, -0.1) is 0 Å². The first kappa shape index (κ1) is 10.9. The quantitative estimate of drug-likeness (QED) is 0.820. The van der Waals surface area contributed by atoms with Gasteiger partial charge in [0.15, 0.2) is 0 Å². The molecule has 0 radical (unpaired) electrons. The van der Waals surface area contributed by atoms with Gasteiger partial charge in [-0.1, -0.05) is 0 Å². The number of carbonyl (C=O) groups is 1. The second-order valence-electron chi connectivity index (χ2n) is 3.78. The van der Waals surface area contributed by atoms with E-state index in [2.05, 4.69) is 5.32 Å². The number of nitrogens with one attached hydrogen (secondary N) is 1. The van der Waals surface area contributed by atoms with Gasteiger partial charge in [0.1, 0.15) is 11.6 Å². The molecule has 0 aliphatic carbocycles. The lowest BCUT2D eigenvalue weighted by Crippen LogP contribution is -2.47. The smallest absolute Gasteiger partial charge is 0.317 e. The van der Waals surface area contributed by atoms with Crippen LogP contribution >= 0.6 is 0 Å². The zero-order valence-corrected chi connectivity index (χ0v) is 8.67. The number of hydrogen-bond donors (Lipinski definition) is 1. The van der Waals surface area contributed by atoms with Gasteiger partial charge in [-0.2, -0.15) is 0 Å². The molecule has 0 bridgehead atoms. The predicted octanol–water partition coefficient (Wildman–Crippen LogP) is 1.88. The van der Waals surface area contributed by atoms with E-state index < -0.39 is 11.6 Å². The summed E-state index contributed by atoms with van der Waals surface area (Å²) >= 11 is 0. The maximum atomic E-state index is 12.8. The number of rotatable bonds is 2. The molecule has 1 fully saturated rings. The van der Waals surface area contributed by atoms with Gasteiger partial charge < -0.3 is 10.2 Å². The average molecular weight is 226 g/mol. The van der Waals surface area contributed by atoms with Crippen LogP contribution in [0.4, 0.5) is 13.6 Å². The Morgan fingerprint density at radius 1 is 1.25 bits per heavy atom. The van der Waals surface area contributed by atoms with Crippen LogP contribution in [0.3, 0.4) is 0 Å². The van der Waals surface area contributed by atoms with E-state index in [0.717, 1.165) is 25.6 Å². The van der Waals surface area contributed by atoms with Crippen molar-refractivity contribution < 1.29 is 13.6 Å². The third-order valence-electron chi connectivity index (χ3n) is 2.51. The Morgan fingerprint density at radius 2 is 1.88 bits per heavy atom. The van der Waals surface area contributed by atoms with E-state index in [-0.39, 0.29) is 12.6 Å². The van der Waals surface area contributed by atoms with E-state index in [1.54, 1.807) is 4.90 Å². The van der Waals surface area contributed by atoms with Gasteiger partial charge in [-0.25, -0.2) is 13.6 Å². The largest absolute Gasteiger partial charge is 0.334 e. The van der Waals surface area contributed by atoms with Crippen molar-refractivity contribution >= 4 is 6.03 Å². The minimum absolute atomic E-state index is 0.143. The van der Waals surface area contributed by atoms with Gasteiger partial charge in [-0.3, -0.25) is 0 Å². The van der Waals surface area contributed by atoms with Crippen molar-refractivity contribution in [3.63, 3.8) is 0 Å². The molecule has 16 heavy (non-hydrogen) atoms. The molecule has 0 atom stereocenters. The molecular weight excluding hydrogens is 214 g/mol. The molecule has 3 nitrogen and oxygen atoms in total. The summed E-state index contributed by atoms with van der Waals surface area (Å²) in [6.45, 7) is 1.65. The van der Waals surface area contributed by atoms with Crippen molar-refractivity contribution in [1.82, 2.24) is 10.2 Å². The van der Waals surface area contributed by atoms with Crippen LogP contribution in [0.5, 0.6) is 0 Å². The number of hydrogen-bond acceptors (Lipinski definition) is 1. The van der Waals surface area contributed by atoms with Crippen LogP contribution in [-0.2, 0) is 6.54 Å². The summed E-state index contributed by atoms with van der Waals surface area (Å²) in [6, 6.07) is 3.04. The predicted molar refractivity (Wildman–Crippen MR) is 54.8 cm³/mol. The van der Waals surface area contributed by atoms with Gasteiger partial charge in [0.2, 0.25) is 0 Å². The Labute approximate surface area is 92.1 Å². The third-order valence-corrected chi connectivity index (χ3v) is 2.51. The Morgan fingerprint density at radius 3 is 2.38 bits per heavy atom. The van der Waals surface area contributed by atoms with Crippen molar-refractivity contribution in [3.05, 3.63) is 35.4 Å². The number of likely N-dealkylation sites (tertiary alicyclic amines) is 1. The van der Waals surface area contributed by atoms with E-state index in [1.165, 1.54) is 12.1 Å². The number of carbonyl (C=O) groups excluding carboxylic acids is 1. The van der Waals surface area contributed by atoms with Gasteiger partial charge in [0.25, 0.3) is 0 Å². The first-order chi connectivity index (χ1) is 7.65. The molecule has 86 valence electrons. The number of amides is 2. The molecule has 1 aromatic carbocycles. The summed E-state index contributed by atoms with van der Waals surface area (Å²) in [7, 11) is 0. The van der Waals surface area contributed by atoms with E-state index in [9.17, 15) is 13.6 Å². The second kappa shape index (κ2) is 4.47. The maximum Gasteiger partial charge on any atom is 0.317 e. The zero-order chi connectivity index (χ0) is 11.5. The van der Waals surface area contributed by atoms with E-state index >= 15 is 0 Å². The van der Waals surface area contributed by atoms with Crippen LogP contribution in [-0.4, -0.2) is 24.0 Å². The SMILES string of the molecule is O=C(NCc1cc(F)cc(F)c1)N1CCC1. The number of nitrogens with zero attached hydrogens (tertiary/aromatic N) is 1. The summed E-state index contributed by atoms with van der Waals surface area (Å²) in [6.07, 6.45) is 1.02. The highest BCUT2D eigenvalue weighted by molar-refractivity contribution is 5.74. The van der Waals surface area contributed by atoms with Crippen molar-refractivity contribution in [2.75, 3.05) is 13.1 Å². The standard InChI is InChI=1S/C11H12F2N2O/c12-9-4-8(5-10(13)6-9)7-14-11(16)15-2-1-3-15/h4-6H,1-3,7H2,(H,14,16). The van der Waals surface area contributed by atoms with Crippen LogP contribution in [0.25, 0.3) is 0 Å². The fourth-order valence-corrected chi connectivity index (χ4v) is 1.52. The molecule has 0 saturated carbocycles. The first-order valence-corrected chi connectivity index (χ1v) is 5.13. The normalized spacial score (nSPS) is 14.5. The Kier molecular flexibility index (Phi) is 3.03. The summed E-state index contributed by atoms with van der Waals surface area (Å²) in [5.41, 5.74) is 0.423. The van der Waals surface area contributed by atoms with E-state index in [1.807, 2.05) is 0 Å². The molecule has 1 aromatic rings. The van der Waals surface area contributed by atoms with Gasteiger partial charge >= 0.3 is 6.03 Å². The minimum Gasteiger partial charge on any atom is -0.334 e. The van der Waals surface area contributed by atoms with Crippen molar-refractivity contribution in [2.45, 2.75) is 13.0 Å². The topological polar surface area (TPSA) is 32.3 Å². The average Bonchev–Trinajstić information content (AvgIpc) is 2.10. The summed E-state index contributed by atoms with van der Waals surface area (Å²) < 4.78 is 25.7. The fraction of sp³-hybridized carbons (Fsp3) is 0.364. The molecule has 2 amide bonds. The lowest BCUT2D eigenvalue weighted by molar-refractivity contribution is 0.167. The van der Waals surface area contributed by atoms with Crippen molar-refractivity contribution in [2.24, 2.45) is 0 Å². The fourth-order valence-electron chi connectivity index (χ4n) is 1.52. The lowest BCUT2D eigenvalue weighted by Gasteiger charge is -2.30. The van der Waals surface area contributed by atoms with Crippen LogP contribution in [0.15, 0.2) is 18.2 Å². The van der Waals surface area contributed by atoms with Crippen LogP contribution in [0.1, 0.15) is 12.0 Å². The lowest BCUT2D eigenvalue weighted by atomic mass is 10.2. The molecular formula is C11H12F2N2O. The Hall–Kier alpha value is -1.65. The summed E-state index contributed by atoms with van der Waals surface area (Å²) in [4.78, 5) is 13.0. The molecule has 2 rings (SSSR count). The highest BCUT2D eigenvalue weighted by Gasteiger charge is 2.19. The minimum atomic E-state index is -0.631. The van der Waals surface area contributed by atoms with Crippen molar-refractivity contribution in [3.8, 4) is 0 Å². The third kappa shape index (κ3) is 2.48. The monoisotopic (exact) mass is 226 g/mol. The van der Waals surface area contributed by atoms with Gasteiger partial charge in [0, 0.05) is 25.7 Å². The highest BCUT2D eigenvalue weighted by Crippen LogP contribution is 2.09. The van der Waals surface area contributed by atoms with E-state index in [4.69, 9.17) is 0 Å². The molecule has 1 saturated heterocycles. The maximum absolute atomic E-state index is 12.8. The zero-order valence-electron chi connectivity index (χ0n) is 8.67. The summed E-state index contributed by atoms with van der Waals surface area (Å²) in [5, 5.41) is 2.61. The molecule has 1 aliphatic heterocycles. The van der Waals surface area contributed by atoms with Gasteiger partial charge in [-0.05, 0) is 24.1 Å². The van der Waals surface area contributed by atoms with Crippen molar-refractivity contribution in [1.29, 1.82) is 0 Å². The number of halogens is 2. The van der Waals surface area contributed by atoms with Gasteiger partial charge in [0.05, 0.1) is 0 Å². The molecule has 0 aromatic heterocycles. The molecule has 1 N–H and O–H groups in total. The summed E-state index contributed by atoms with van der Waals surface area (Å²) in [5.74, 6) is -1.26. The molecule has 0 unspecified atom stereocenters. The molecule has 1 aliphatic rings. The first-order valence-electron chi connectivity index (χ1n) is 5.13. The Bertz CT molecular complexity index is 385. The molecule has 0 spiro atoms. The molecule has 5 heteroatoms. The van der Waals surface area contributed by atoms with Crippen LogP contribution in [0, 0.1) is 11.6 Å². The van der Waals surface area contributed by atoms with E-state index in [0.29, 0.717) is 5.56 Å². The van der Waals surface area contributed by atoms with Crippen LogP contribution < -0.4 is 5.32 Å². The Balaban J connectivity index is 1.91.